The molecule has 0 fully saturated rings. The Morgan fingerprint density at radius 1 is 1.12 bits per heavy atom. The van der Waals surface area contributed by atoms with Gasteiger partial charge in [-0.1, -0.05) is 65.0 Å². The monoisotopic (exact) mass is 482 g/mol. The molecule has 34 heavy (non-hydrogen) atoms. The van der Waals surface area contributed by atoms with Gasteiger partial charge in [-0.2, -0.15) is 13.2 Å². The number of carboxylic acids is 2. The Morgan fingerprint density at radius 3 is 2.15 bits per heavy atom. The molecule has 0 radical (unpaired) electrons. The smallest absolute Gasteiger partial charge is 0.404 e. The van der Waals surface area contributed by atoms with Crippen molar-refractivity contribution in [2.45, 2.75) is 66.2 Å². The number of carbonyl (C=O) groups is 2. The minimum absolute atomic E-state index is 0.494. The molecule has 0 saturated carbocycles. The van der Waals surface area contributed by atoms with Crippen LogP contribution in [0.5, 0.6) is 0 Å². The molecule has 0 amide bonds. The molecular weight excluding hydrogens is 449 g/mol. The SMILES string of the molecule is CC(=O)O.CCc1ccc2ccc(/C=C/C(C)(C)[C@@H](NC(C(=O)O)C(C)C)C(F)(F)F)cc2n1. The number of benzene rings is 1. The number of pyridine rings is 1. The van der Waals surface area contributed by atoms with Crippen LogP contribution in [-0.4, -0.2) is 45.4 Å². The maximum absolute atomic E-state index is 13.8. The second-order valence-electron chi connectivity index (χ2n) is 8.98. The van der Waals surface area contributed by atoms with Gasteiger partial charge < -0.3 is 10.2 Å². The summed E-state index contributed by atoms with van der Waals surface area (Å²) in [5.41, 5.74) is 1.08. The number of halogens is 3. The molecule has 2 aromatic rings. The number of carboxylic acid groups (broad SMARTS) is 2. The second-order valence-corrected chi connectivity index (χ2v) is 8.98. The summed E-state index contributed by atoms with van der Waals surface area (Å²) in [6, 6.07) is 6.15. The summed E-state index contributed by atoms with van der Waals surface area (Å²) in [6.45, 7) is 9.14. The van der Waals surface area contributed by atoms with E-state index in [1.54, 1.807) is 19.9 Å². The molecule has 1 heterocycles. The molecule has 188 valence electrons. The summed E-state index contributed by atoms with van der Waals surface area (Å²) >= 11 is 0. The maximum atomic E-state index is 13.8. The lowest BCUT2D eigenvalue weighted by Crippen LogP contribution is -2.58. The van der Waals surface area contributed by atoms with Crippen molar-refractivity contribution in [1.82, 2.24) is 10.3 Å². The van der Waals surface area contributed by atoms with Gasteiger partial charge in [0, 0.05) is 23.4 Å². The highest BCUT2D eigenvalue weighted by Crippen LogP contribution is 2.36. The summed E-state index contributed by atoms with van der Waals surface area (Å²) in [4.78, 5) is 25.0. The minimum Gasteiger partial charge on any atom is -0.481 e. The maximum Gasteiger partial charge on any atom is 0.404 e. The summed E-state index contributed by atoms with van der Waals surface area (Å²) < 4.78 is 41.5. The van der Waals surface area contributed by atoms with Gasteiger partial charge in [0.15, 0.2) is 0 Å². The molecule has 2 atom stereocenters. The number of hydrogen-bond donors (Lipinski definition) is 3. The van der Waals surface area contributed by atoms with E-state index in [-0.39, 0.29) is 0 Å². The molecule has 0 aliphatic rings. The van der Waals surface area contributed by atoms with Gasteiger partial charge in [-0.3, -0.25) is 19.9 Å². The first kappa shape index (κ1) is 29.1. The molecule has 6 nitrogen and oxygen atoms in total. The Morgan fingerprint density at radius 2 is 1.68 bits per heavy atom. The molecule has 9 heteroatoms. The quantitative estimate of drug-likeness (QED) is 0.456. The number of fused-ring (bicyclic) bond motifs is 1. The highest BCUT2D eigenvalue weighted by atomic mass is 19.4. The molecule has 0 aliphatic heterocycles. The zero-order valence-corrected chi connectivity index (χ0v) is 20.3. The number of aryl methyl sites for hydroxylation is 1. The molecule has 0 spiro atoms. The van der Waals surface area contributed by atoms with Gasteiger partial charge in [-0.05, 0) is 30.0 Å². The number of nitrogens with zero attached hydrogens (tertiary/aromatic N) is 1. The van der Waals surface area contributed by atoms with Crippen LogP contribution in [0.15, 0.2) is 36.4 Å². The van der Waals surface area contributed by atoms with Gasteiger partial charge in [0.05, 0.1) is 5.52 Å². The van der Waals surface area contributed by atoms with Crippen LogP contribution in [0.25, 0.3) is 17.0 Å². The zero-order valence-electron chi connectivity index (χ0n) is 20.3. The lowest BCUT2D eigenvalue weighted by molar-refractivity contribution is -0.178. The lowest BCUT2D eigenvalue weighted by Gasteiger charge is -2.36. The fraction of sp³-hybridized carbons (Fsp3) is 0.480. The predicted molar refractivity (Wildman–Crippen MR) is 126 cm³/mol. The Kier molecular flexibility index (Phi) is 10.2. The van der Waals surface area contributed by atoms with Gasteiger partial charge >= 0.3 is 12.1 Å². The van der Waals surface area contributed by atoms with Crippen LogP contribution in [0.1, 0.15) is 52.8 Å². The predicted octanol–water partition coefficient (Wildman–Crippen LogP) is 5.56. The Labute approximate surface area is 197 Å². The van der Waals surface area contributed by atoms with Crippen molar-refractivity contribution in [3.05, 3.63) is 47.7 Å². The molecular formula is C25H33F3N2O4. The molecule has 1 aromatic heterocycles. The molecule has 1 unspecified atom stereocenters. The van der Waals surface area contributed by atoms with Crippen LogP contribution in [0.3, 0.4) is 0 Å². The van der Waals surface area contributed by atoms with Gasteiger partial charge in [-0.25, -0.2) is 0 Å². The Balaban J connectivity index is 0.00000133. The molecule has 2 rings (SSSR count). The summed E-state index contributed by atoms with van der Waals surface area (Å²) in [7, 11) is 0. The minimum atomic E-state index is -4.61. The zero-order chi connectivity index (χ0) is 26.3. The fourth-order valence-corrected chi connectivity index (χ4v) is 3.34. The van der Waals surface area contributed by atoms with Crippen LogP contribution >= 0.6 is 0 Å². The summed E-state index contributed by atoms with van der Waals surface area (Å²) in [5, 5.41) is 20.0. The largest absolute Gasteiger partial charge is 0.481 e. The van der Waals surface area contributed by atoms with E-state index in [2.05, 4.69) is 10.3 Å². The van der Waals surface area contributed by atoms with Crippen LogP contribution in [-0.2, 0) is 16.0 Å². The number of rotatable bonds is 8. The third-order valence-electron chi connectivity index (χ3n) is 5.19. The average Bonchev–Trinajstić information content (AvgIpc) is 2.69. The normalized spacial score (nSPS) is 14.1. The topological polar surface area (TPSA) is 99.5 Å². The third kappa shape index (κ3) is 8.78. The van der Waals surface area contributed by atoms with Crippen molar-refractivity contribution in [2.75, 3.05) is 0 Å². The van der Waals surface area contributed by atoms with E-state index in [1.165, 1.54) is 19.9 Å². The number of hydrogen-bond acceptors (Lipinski definition) is 4. The van der Waals surface area contributed by atoms with Crippen LogP contribution in [0.2, 0.25) is 0 Å². The summed E-state index contributed by atoms with van der Waals surface area (Å²) in [5.74, 6) is -2.63. The molecule has 0 saturated heterocycles. The standard InChI is InChI=1S/C23H29F3N2O2.C2H4O2/c1-6-17-10-9-16-8-7-15(13-18(16)27-17)11-12-22(4,5)21(23(24,25)26)28-19(14(2)3)20(29)30;1-2(3)4/h7-14,19,21,28H,6H2,1-5H3,(H,29,30);1H3,(H,3,4)/b12-11+;/t19?,21-;/m1./s1. The number of nitrogens with one attached hydrogen (secondary N) is 1. The molecule has 0 bridgehead atoms. The number of alkyl halides is 3. The van der Waals surface area contributed by atoms with E-state index < -0.39 is 41.5 Å². The highest BCUT2D eigenvalue weighted by molar-refractivity contribution is 5.81. The average molecular weight is 483 g/mol. The van der Waals surface area contributed by atoms with Gasteiger partial charge in [0.1, 0.15) is 12.1 Å². The second kappa shape index (κ2) is 12.0. The summed E-state index contributed by atoms with van der Waals surface area (Å²) in [6.07, 6.45) is -0.715. The first-order chi connectivity index (χ1) is 15.6. The van der Waals surface area contributed by atoms with Gasteiger partial charge in [0.2, 0.25) is 0 Å². The molecule has 0 aliphatic carbocycles. The van der Waals surface area contributed by atoms with Crippen LogP contribution in [0.4, 0.5) is 13.2 Å². The highest BCUT2D eigenvalue weighted by Gasteiger charge is 2.49. The van der Waals surface area contributed by atoms with E-state index in [0.717, 1.165) is 35.5 Å². The third-order valence-corrected chi connectivity index (χ3v) is 5.19. The number of aliphatic carboxylic acids is 2. The van der Waals surface area contributed by atoms with Crippen molar-refractivity contribution in [2.24, 2.45) is 11.3 Å². The Bertz CT molecular complexity index is 1010. The van der Waals surface area contributed by atoms with Crippen molar-refractivity contribution in [3.8, 4) is 0 Å². The van der Waals surface area contributed by atoms with E-state index in [4.69, 9.17) is 9.90 Å². The lowest BCUT2D eigenvalue weighted by atomic mass is 9.82. The van der Waals surface area contributed by atoms with E-state index in [1.807, 2.05) is 37.3 Å². The van der Waals surface area contributed by atoms with Crippen molar-refractivity contribution >= 4 is 28.9 Å². The fourth-order valence-electron chi connectivity index (χ4n) is 3.34. The van der Waals surface area contributed by atoms with E-state index in [0.29, 0.717) is 0 Å². The van der Waals surface area contributed by atoms with Gasteiger partial charge in [-0.15, -0.1) is 0 Å². The Hall–Kier alpha value is -2.94. The van der Waals surface area contributed by atoms with E-state index >= 15 is 0 Å². The van der Waals surface area contributed by atoms with Crippen molar-refractivity contribution in [3.63, 3.8) is 0 Å². The first-order valence-corrected chi connectivity index (χ1v) is 10.9. The molecule has 3 N–H and O–H groups in total. The van der Waals surface area contributed by atoms with Crippen LogP contribution in [0, 0.1) is 11.3 Å². The molecule has 1 aromatic carbocycles. The first-order valence-electron chi connectivity index (χ1n) is 10.9. The number of aromatic nitrogens is 1. The van der Waals surface area contributed by atoms with Crippen molar-refractivity contribution in [1.29, 1.82) is 0 Å². The van der Waals surface area contributed by atoms with Gasteiger partial charge in [0.25, 0.3) is 5.97 Å². The van der Waals surface area contributed by atoms with Crippen molar-refractivity contribution < 1.29 is 33.0 Å². The van der Waals surface area contributed by atoms with E-state index in [9.17, 15) is 23.1 Å². The van der Waals surface area contributed by atoms with Crippen LogP contribution < -0.4 is 5.32 Å².